The largest absolute Gasteiger partial charge is 0.390 e. The number of methoxy groups -OCH3 is 1. The zero-order valence-electron chi connectivity index (χ0n) is 14.4. The Bertz CT molecular complexity index is 745. The number of nitrogens with zero attached hydrogens (tertiary/aromatic N) is 1. The molecular weight excluding hydrogens is 288 g/mol. The van der Waals surface area contributed by atoms with E-state index < -0.39 is 5.60 Å². The molecule has 0 spiro atoms. The maximum Gasteiger partial charge on any atom is 0.110 e. The molecule has 2 aliphatic rings. The first kappa shape index (κ1) is 15.2. The fraction of sp³-hybridized carbons (Fsp3) is 0.579. The summed E-state index contributed by atoms with van der Waals surface area (Å²) in [5.41, 5.74) is 2.76. The molecule has 4 rings (SSSR count). The third kappa shape index (κ3) is 2.02. The van der Waals surface area contributed by atoms with Gasteiger partial charge in [-0.2, -0.15) is 0 Å². The van der Waals surface area contributed by atoms with Crippen molar-refractivity contribution >= 4 is 10.9 Å². The van der Waals surface area contributed by atoms with Gasteiger partial charge in [0.05, 0.1) is 5.60 Å². The van der Waals surface area contributed by atoms with Gasteiger partial charge >= 0.3 is 0 Å². The first-order valence-corrected chi connectivity index (χ1v) is 8.44. The van der Waals surface area contributed by atoms with Crippen LogP contribution in [0.2, 0.25) is 0 Å². The van der Waals surface area contributed by atoms with Crippen LogP contribution < -0.4 is 0 Å². The summed E-state index contributed by atoms with van der Waals surface area (Å²) in [6, 6.07) is 6.75. The number of rotatable bonds is 2. The Morgan fingerprint density at radius 2 is 2.17 bits per heavy atom. The van der Waals surface area contributed by atoms with E-state index in [-0.39, 0.29) is 11.5 Å². The Morgan fingerprint density at radius 3 is 2.87 bits per heavy atom. The number of aromatic amines is 1. The first-order chi connectivity index (χ1) is 10.9. The van der Waals surface area contributed by atoms with Gasteiger partial charge in [-0.15, -0.1) is 0 Å². The lowest BCUT2D eigenvalue weighted by molar-refractivity contribution is -0.154. The SMILES string of the molecule is CO[C@]12CC(C(C)(C)O)CN(C)[C@@H]1Cc1c[nH]c3cccc2c13. The molecule has 1 aromatic carbocycles. The number of nitrogens with one attached hydrogen (secondary N) is 1. The minimum atomic E-state index is -0.711. The van der Waals surface area contributed by atoms with Crippen molar-refractivity contribution < 1.29 is 9.84 Å². The fourth-order valence-corrected chi connectivity index (χ4v) is 4.79. The lowest BCUT2D eigenvalue weighted by atomic mass is 9.66. The molecule has 1 saturated heterocycles. The van der Waals surface area contributed by atoms with E-state index >= 15 is 0 Å². The number of aromatic nitrogens is 1. The Morgan fingerprint density at radius 1 is 1.39 bits per heavy atom. The van der Waals surface area contributed by atoms with Crippen molar-refractivity contribution in [3.63, 3.8) is 0 Å². The van der Waals surface area contributed by atoms with E-state index in [0.717, 1.165) is 19.4 Å². The molecule has 0 bridgehead atoms. The summed E-state index contributed by atoms with van der Waals surface area (Å²) in [6.45, 7) is 4.73. The van der Waals surface area contributed by atoms with Crippen LogP contribution in [0.4, 0.5) is 0 Å². The van der Waals surface area contributed by atoms with Crippen molar-refractivity contribution in [1.29, 1.82) is 0 Å². The number of H-pyrrole nitrogens is 1. The minimum absolute atomic E-state index is 0.180. The molecule has 1 aliphatic heterocycles. The van der Waals surface area contributed by atoms with Crippen molar-refractivity contribution in [2.45, 2.75) is 43.9 Å². The lowest BCUT2D eigenvalue weighted by Gasteiger charge is -2.55. The molecule has 0 saturated carbocycles. The number of fused-ring (bicyclic) bond motifs is 2. The van der Waals surface area contributed by atoms with Crippen LogP contribution >= 0.6 is 0 Å². The van der Waals surface area contributed by atoms with Gasteiger partial charge in [-0.05, 0) is 50.9 Å². The molecule has 4 nitrogen and oxygen atoms in total. The van der Waals surface area contributed by atoms with Gasteiger partial charge in [0, 0.05) is 42.7 Å². The average Bonchev–Trinajstić information content (AvgIpc) is 2.92. The number of piperidine rings is 1. The molecular formula is C19H26N2O2. The molecule has 0 amide bonds. The van der Waals surface area contributed by atoms with Crippen LogP contribution in [0, 0.1) is 5.92 Å². The van der Waals surface area contributed by atoms with Crippen LogP contribution in [0.5, 0.6) is 0 Å². The van der Waals surface area contributed by atoms with Gasteiger partial charge in [0.15, 0.2) is 0 Å². The van der Waals surface area contributed by atoms with Crippen LogP contribution in [0.1, 0.15) is 31.4 Å². The maximum atomic E-state index is 10.6. The van der Waals surface area contributed by atoms with Crippen LogP contribution in [0.3, 0.4) is 0 Å². The topological polar surface area (TPSA) is 48.5 Å². The molecule has 3 atom stereocenters. The third-order valence-corrected chi connectivity index (χ3v) is 6.15. The number of hydrogen-bond acceptors (Lipinski definition) is 3. The first-order valence-electron chi connectivity index (χ1n) is 8.44. The Labute approximate surface area is 137 Å². The molecule has 0 radical (unpaired) electrons. The van der Waals surface area contributed by atoms with Gasteiger partial charge in [0.2, 0.25) is 0 Å². The van der Waals surface area contributed by atoms with Crippen molar-refractivity contribution in [2.24, 2.45) is 5.92 Å². The van der Waals surface area contributed by atoms with Crippen molar-refractivity contribution in [2.75, 3.05) is 20.7 Å². The smallest absolute Gasteiger partial charge is 0.110 e. The fourth-order valence-electron chi connectivity index (χ4n) is 4.79. The van der Waals surface area contributed by atoms with E-state index in [1.807, 2.05) is 21.0 Å². The molecule has 1 aliphatic carbocycles. The van der Waals surface area contributed by atoms with E-state index in [0.29, 0.717) is 6.04 Å². The van der Waals surface area contributed by atoms with Crippen LogP contribution in [-0.4, -0.2) is 47.3 Å². The number of benzene rings is 1. The summed E-state index contributed by atoms with van der Waals surface area (Å²) in [5.74, 6) is 0.180. The lowest BCUT2D eigenvalue weighted by Crippen LogP contribution is -2.62. The monoisotopic (exact) mass is 314 g/mol. The second-order valence-corrected chi connectivity index (χ2v) is 7.85. The van der Waals surface area contributed by atoms with Gasteiger partial charge in [-0.3, -0.25) is 4.90 Å². The van der Waals surface area contributed by atoms with E-state index in [1.165, 1.54) is 22.0 Å². The summed E-state index contributed by atoms with van der Waals surface area (Å²) < 4.78 is 6.23. The molecule has 124 valence electrons. The zero-order valence-corrected chi connectivity index (χ0v) is 14.4. The van der Waals surface area contributed by atoms with Crippen molar-refractivity contribution in [3.8, 4) is 0 Å². The predicted octanol–water partition coefficient (Wildman–Crippen LogP) is 2.66. The molecule has 1 unspecified atom stereocenters. The van der Waals surface area contributed by atoms with Crippen LogP contribution in [-0.2, 0) is 16.8 Å². The molecule has 1 fully saturated rings. The standard InChI is InChI=1S/C19H26N2O2/c1-18(2,22)13-9-19(23-4)14-6-5-7-15-17(14)12(10-20-15)8-16(19)21(3)11-13/h5-7,10,13,16,20,22H,8-9,11H2,1-4H3/t13?,16-,19+/m1/s1. The van der Waals surface area contributed by atoms with Gasteiger partial charge in [0.1, 0.15) is 5.60 Å². The third-order valence-electron chi connectivity index (χ3n) is 6.15. The number of aliphatic hydroxyl groups is 1. The second kappa shape index (κ2) is 4.82. The van der Waals surface area contributed by atoms with E-state index in [4.69, 9.17) is 4.74 Å². The van der Waals surface area contributed by atoms with Gasteiger partial charge < -0.3 is 14.8 Å². The number of hydrogen-bond donors (Lipinski definition) is 2. The van der Waals surface area contributed by atoms with Crippen LogP contribution in [0.25, 0.3) is 10.9 Å². The molecule has 2 aromatic rings. The second-order valence-electron chi connectivity index (χ2n) is 7.85. The predicted molar refractivity (Wildman–Crippen MR) is 91.5 cm³/mol. The minimum Gasteiger partial charge on any atom is -0.390 e. The average molecular weight is 314 g/mol. The summed E-state index contributed by atoms with van der Waals surface area (Å²) >= 11 is 0. The quantitative estimate of drug-likeness (QED) is 0.896. The molecule has 2 N–H and O–H groups in total. The Hall–Kier alpha value is -1.36. The van der Waals surface area contributed by atoms with Gasteiger partial charge in [0.25, 0.3) is 0 Å². The zero-order chi connectivity index (χ0) is 16.4. The Kier molecular flexibility index (Phi) is 3.18. The summed E-state index contributed by atoms with van der Waals surface area (Å²) in [7, 11) is 3.98. The number of likely N-dealkylation sites (N-methyl/N-ethyl adjacent to an activating group) is 1. The molecule has 2 heterocycles. The van der Waals surface area contributed by atoms with Gasteiger partial charge in [-0.25, -0.2) is 0 Å². The highest BCUT2D eigenvalue weighted by molar-refractivity contribution is 5.88. The highest BCUT2D eigenvalue weighted by atomic mass is 16.5. The summed E-state index contributed by atoms with van der Waals surface area (Å²) in [6.07, 6.45) is 3.98. The van der Waals surface area contributed by atoms with Gasteiger partial charge in [-0.1, -0.05) is 12.1 Å². The molecule has 23 heavy (non-hydrogen) atoms. The number of likely N-dealkylation sites (tertiary alicyclic amines) is 1. The van der Waals surface area contributed by atoms with Crippen LogP contribution in [0.15, 0.2) is 24.4 Å². The van der Waals surface area contributed by atoms with Crippen molar-refractivity contribution in [3.05, 3.63) is 35.5 Å². The molecule has 4 heteroatoms. The van der Waals surface area contributed by atoms with E-state index in [2.05, 4.69) is 41.3 Å². The van der Waals surface area contributed by atoms with E-state index in [1.54, 1.807) is 0 Å². The summed E-state index contributed by atoms with van der Waals surface area (Å²) in [4.78, 5) is 5.78. The van der Waals surface area contributed by atoms with E-state index in [9.17, 15) is 5.11 Å². The number of ether oxygens (including phenoxy) is 1. The highest BCUT2D eigenvalue weighted by Crippen LogP contribution is 2.50. The normalized spacial score (nSPS) is 31.3. The van der Waals surface area contributed by atoms with Crippen molar-refractivity contribution in [1.82, 2.24) is 9.88 Å². The molecule has 1 aromatic heterocycles. The summed E-state index contributed by atoms with van der Waals surface area (Å²) in [5, 5.41) is 11.9. The maximum absolute atomic E-state index is 10.6. The Balaban J connectivity index is 1.92. The highest BCUT2D eigenvalue weighted by Gasteiger charge is 2.53.